The quantitative estimate of drug-likeness (QED) is 0.846. The number of ether oxygens (including phenoxy) is 1. The Morgan fingerprint density at radius 3 is 2.45 bits per heavy atom. The Bertz CT molecular complexity index is 675. The summed E-state index contributed by atoms with van der Waals surface area (Å²) in [7, 11) is 0. The molecule has 0 radical (unpaired) electrons. The van der Waals surface area contributed by atoms with E-state index in [1.54, 1.807) is 18.2 Å². The predicted octanol–water partition coefficient (Wildman–Crippen LogP) is 3.95. The highest BCUT2D eigenvalue weighted by atomic mass is 19.4. The van der Waals surface area contributed by atoms with Gasteiger partial charge < -0.3 is 10.5 Å². The lowest BCUT2D eigenvalue weighted by Crippen LogP contribution is -2.07. The van der Waals surface area contributed by atoms with E-state index in [0.29, 0.717) is 5.69 Å². The Labute approximate surface area is 113 Å². The van der Waals surface area contributed by atoms with Gasteiger partial charge in [-0.1, -0.05) is 6.07 Å². The van der Waals surface area contributed by atoms with Gasteiger partial charge in [0.2, 0.25) is 0 Å². The van der Waals surface area contributed by atoms with Crippen molar-refractivity contribution in [1.29, 1.82) is 5.26 Å². The van der Waals surface area contributed by atoms with E-state index in [9.17, 15) is 13.2 Å². The zero-order valence-electron chi connectivity index (χ0n) is 10.1. The van der Waals surface area contributed by atoms with E-state index in [2.05, 4.69) is 0 Å². The van der Waals surface area contributed by atoms with Gasteiger partial charge >= 0.3 is 6.18 Å². The van der Waals surface area contributed by atoms with Crippen LogP contribution in [0.5, 0.6) is 11.5 Å². The Morgan fingerprint density at radius 2 is 1.85 bits per heavy atom. The summed E-state index contributed by atoms with van der Waals surface area (Å²) in [6.45, 7) is 0. The zero-order valence-corrected chi connectivity index (χ0v) is 10.1. The molecule has 2 N–H and O–H groups in total. The maximum Gasteiger partial charge on any atom is 0.420 e. The van der Waals surface area contributed by atoms with E-state index in [1.165, 1.54) is 18.2 Å². The summed E-state index contributed by atoms with van der Waals surface area (Å²) in [5.74, 6) is -0.178. The van der Waals surface area contributed by atoms with Crippen molar-refractivity contribution in [1.82, 2.24) is 0 Å². The molecule has 6 heteroatoms. The smallest absolute Gasteiger partial charge is 0.420 e. The lowest BCUT2D eigenvalue weighted by molar-refractivity contribution is -0.138. The molecule has 0 aliphatic carbocycles. The van der Waals surface area contributed by atoms with Crippen LogP contribution in [0.2, 0.25) is 0 Å². The van der Waals surface area contributed by atoms with Crippen molar-refractivity contribution in [3.63, 3.8) is 0 Å². The monoisotopic (exact) mass is 278 g/mol. The Morgan fingerprint density at radius 1 is 1.10 bits per heavy atom. The summed E-state index contributed by atoms with van der Waals surface area (Å²) in [4.78, 5) is 0. The first-order valence-corrected chi connectivity index (χ1v) is 5.55. The minimum Gasteiger partial charge on any atom is -0.457 e. The highest BCUT2D eigenvalue weighted by Crippen LogP contribution is 2.38. The fraction of sp³-hybridized carbons (Fsp3) is 0.0714. The van der Waals surface area contributed by atoms with E-state index in [1.807, 2.05) is 0 Å². The molecule has 20 heavy (non-hydrogen) atoms. The van der Waals surface area contributed by atoms with Crippen LogP contribution in [-0.4, -0.2) is 0 Å². The fourth-order valence-corrected chi connectivity index (χ4v) is 1.62. The average Bonchev–Trinajstić information content (AvgIpc) is 2.38. The van der Waals surface area contributed by atoms with Crippen LogP contribution in [0.4, 0.5) is 18.9 Å². The minimum absolute atomic E-state index is 0.0859. The number of hydrogen-bond donors (Lipinski definition) is 1. The highest BCUT2D eigenvalue weighted by Gasteiger charge is 2.35. The first-order chi connectivity index (χ1) is 9.40. The number of halogens is 3. The summed E-state index contributed by atoms with van der Waals surface area (Å²) >= 11 is 0. The third-order valence-electron chi connectivity index (χ3n) is 2.50. The molecular weight excluding hydrogens is 269 g/mol. The summed E-state index contributed by atoms with van der Waals surface area (Å²) in [5, 5.41) is 8.67. The van der Waals surface area contributed by atoms with E-state index < -0.39 is 11.7 Å². The van der Waals surface area contributed by atoms with Crippen molar-refractivity contribution in [3.05, 3.63) is 53.6 Å². The lowest BCUT2D eigenvalue weighted by Gasteiger charge is -2.14. The van der Waals surface area contributed by atoms with Crippen LogP contribution < -0.4 is 10.5 Å². The van der Waals surface area contributed by atoms with Gasteiger partial charge in [0, 0.05) is 11.8 Å². The Kier molecular flexibility index (Phi) is 3.53. The SMILES string of the molecule is N#Cc1ccc(Oc2cccc(N)c2)c(C(F)(F)F)c1. The molecule has 102 valence electrons. The van der Waals surface area contributed by atoms with Crippen LogP contribution in [0.25, 0.3) is 0 Å². The number of hydrogen-bond acceptors (Lipinski definition) is 3. The van der Waals surface area contributed by atoms with Gasteiger partial charge in [0.05, 0.1) is 17.2 Å². The second kappa shape index (κ2) is 5.13. The number of benzene rings is 2. The molecule has 0 saturated carbocycles. The number of nitrogens with two attached hydrogens (primary N) is 1. The second-order valence-corrected chi connectivity index (χ2v) is 4.00. The van der Waals surface area contributed by atoms with Gasteiger partial charge in [-0.05, 0) is 30.3 Å². The second-order valence-electron chi connectivity index (χ2n) is 4.00. The van der Waals surface area contributed by atoms with Gasteiger partial charge in [-0.15, -0.1) is 0 Å². The molecule has 0 atom stereocenters. The highest BCUT2D eigenvalue weighted by molar-refractivity contribution is 5.48. The van der Waals surface area contributed by atoms with Crippen LogP contribution in [0, 0.1) is 11.3 Å². The van der Waals surface area contributed by atoms with Crippen LogP contribution >= 0.6 is 0 Å². The van der Waals surface area contributed by atoms with Crippen LogP contribution in [0.15, 0.2) is 42.5 Å². The maximum atomic E-state index is 12.9. The van der Waals surface area contributed by atoms with Crippen LogP contribution in [-0.2, 0) is 6.18 Å². The molecule has 0 aliphatic heterocycles. The normalized spacial score (nSPS) is 10.9. The molecule has 0 unspecified atom stereocenters. The Balaban J connectivity index is 2.44. The first kappa shape index (κ1) is 13.7. The molecule has 0 heterocycles. The number of nitrogen functional groups attached to an aromatic ring is 1. The van der Waals surface area contributed by atoms with Crippen molar-refractivity contribution >= 4 is 5.69 Å². The predicted molar refractivity (Wildman–Crippen MR) is 67.1 cm³/mol. The molecule has 2 aromatic rings. The molecule has 2 aromatic carbocycles. The zero-order chi connectivity index (χ0) is 14.8. The molecule has 0 saturated heterocycles. The third-order valence-corrected chi connectivity index (χ3v) is 2.50. The third kappa shape index (κ3) is 3.01. The molecule has 0 spiro atoms. The van der Waals surface area contributed by atoms with E-state index in [-0.39, 0.29) is 17.1 Å². The topological polar surface area (TPSA) is 59.0 Å². The largest absolute Gasteiger partial charge is 0.457 e. The standard InChI is InChI=1S/C14H9F3N2O/c15-14(16,17)12-6-9(8-18)4-5-13(12)20-11-3-1-2-10(19)7-11/h1-7H,19H2. The van der Waals surface area contributed by atoms with Crippen molar-refractivity contribution in [3.8, 4) is 17.6 Å². The number of nitrogens with zero attached hydrogens (tertiary/aromatic N) is 1. The molecular formula is C14H9F3N2O. The Hall–Kier alpha value is -2.68. The maximum absolute atomic E-state index is 12.9. The molecule has 3 nitrogen and oxygen atoms in total. The molecule has 0 aliphatic rings. The van der Waals surface area contributed by atoms with Crippen molar-refractivity contribution in [2.24, 2.45) is 0 Å². The molecule has 0 fully saturated rings. The van der Waals surface area contributed by atoms with Gasteiger partial charge in [0.1, 0.15) is 11.5 Å². The van der Waals surface area contributed by atoms with Gasteiger partial charge in [0.15, 0.2) is 0 Å². The van der Waals surface area contributed by atoms with Gasteiger partial charge in [-0.3, -0.25) is 0 Å². The summed E-state index contributed by atoms with van der Waals surface area (Å²) in [5.41, 5.74) is 4.83. The number of rotatable bonds is 2. The van der Waals surface area contributed by atoms with Gasteiger partial charge in [-0.25, -0.2) is 0 Å². The van der Waals surface area contributed by atoms with Crippen molar-refractivity contribution < 1.29 is 17.9 Å². The summed E-state index contributed by atoms with van der Waals surface area (Å²) in [6, 6.07) is 10.9. The number of alkyl halides is 3. The number of anilines is 1. The number of nitriles is 1. The van der Waals surface area contributed by atoms with E-state index >= 15 is 0 Å². The molecule has 0 bridgehead atoms. The van der Waals surface area contributed by atoms with Crippen LogP contribution in [0.3, 0.4) is 0 Å². The molecule has 0 amide bonds. The molecule has 0 aromatic heterocycles. The van der Waals surface area contributed by atoms with Crippen molar-refractivity contribution in [2.45, 2.75) is 6.18 Å². The van der Waals surface area contributed by atoms with Crippen LogP contribution in [0.1, 0.15) is 11.1 Å². The summed E-state index contributed by atoms with van der Waals surface area (Å²) in [6.07, 6.45) is -4.61. The first-order valence-electron chi connectivity index (χ1n) is 5.55. The fourth-order valence-electron chi connectivity index (χ4n) is 1.62. The van der Waals surface area contributed by atoms with E-state index in [4.69, 9.17) is 15.7 Å². The van der Waals surface area contributed by atoms with E-state index in [0.717, 1.165) is 12.1 Å². The van der Waals surface area contributed by atoms with Gasteiger partial charge in [0.25, 0.3) is 0 Å². The average molecular weight is 278 g/mol. The van der Waals surface area contributed by atoms with Gasteiger partial charge in [-0.2, -0.15) is 18.4 Å². The summed E-state index contributed by atoms with van der Waals surface area (Å²) < 4.78 is 44.0. The minimum atomic E-state index is -4.61. The van der Waals surface area contributed by atoms with Crippen molar-refractivity contribution in [2.75, 3.05) is 5.73 Å². The molecule has 2 rings (SSSR count). The lowest BCUT2D eigenvalue weighted by atomic mass is 10.1.